The van der Waals surface area contributed by atoms with Crippen molar-refractivity contribution >= 4 is 29.8 Å². The fourth-order valence-corrected chi connectivity index (χ4v) is 3.58. The highest BCUT2D eigenvalue weighted by Crippen LogP contribution is 2.36. The second-order valence-electron chi connectivity index (χ2n) is 7.43. The maximum absolute atomic E-state index is 12.4. The molecule has 0 saturated heterocycles. The van der Waals surface area contributed by atoms with E-state index < -0.39 is 46.9 Å². The van der Waals surface area contributed by atoms with E-state index in [1.807, 2.05) is 0 Å². The molecule has 0 radical (unpaired) electrons. The van der Waals surface area contributed by atoms with Gasteiger partial charge in [0.2, 0.25) is 0 Å². The molecule has 0 amide bonds. The van der Waals surface area contributed by atoms with Crippen LogP contribution in [0.15, 0.2) is 11.6 Å². The predicted octanol–water partition coefficient (Wildman–Crippen LogP) is 2.12. The van der Waals surface area contributed by atoms with Crippen molar-refractivity contribution in [2.24, 2.45) is 17.8 Å². The number of esters is 1. The molecule has 0 fully saturated rings. The van der Waals surface area contributed by atoms with E-state index >= 15 is 0 Å². The zero-order valence-electron chi connectivity index (χ0n) is 17.8. The Morgan fingerprint density at radius 2 is 1.76 bits per heavy atom. The number of carboxylic acid groups (broad SMARTS) is 1. The SMILES string of the molecule is CCC(=O)C(C)(O)C(C(CC)COC(=O)CC(C)=CC(=O)O)C(C)C(=O)CC=O. The minimum Gasteiger partial charge on any atom is -0.478 e. The Kier molecular flexibility index (Phi) is 11.3. The van der Waals surface area contributed by atoms with Crippen LogP contribution in [0.2, 0.25) is 0 Å². The highest BCUT2D eigenvalue weighted by Gasteiger charge is 2.46. The highest BCUT2D eigenvalue weighted by atomic mass is 16.5. The standard InChI is InChI=1S/C21H32O8/c1-6-15(12-29-19(27)11-13(3)10-18(25)26)20(14(4)16(23)8-9-22)21(5,28)17(24)7-2/h9-10,14-15,20,28H,6-8,11-12H2,1-5H3,(H,25,26). The van der Waals surface area contributed by atoms with Crippen molar-refractivity contribution in [1.82, 2.24) is 0 Å². The molecule has 0 aromatic heterocycles. The number of Topliss-reactive ketones (excluding diaryl/α,β-unsaturated/α-hetero) is 2. The Hall–Kier alpha value is -2.35. The van der Waals surface area contributed by atoms with Crippen LogP contribution in [0.5, 0.6) is 0 Å². The van der Waals surface area contributed by atoms with Gasteiger partial charge < -0.3 is 19.7 Å². The number of hydrogen-bond donors (Lipinski definition) is 2. The zero-order chi connectivity index (χ0) is 22.8. The van der Waals surface area contributed by atoms with Gasteiger partial charge in [0.1, 0.15) is 17.7 Å². The number of aliphatic hydroxyl groups is 1. The second kappa shape index (κ2) is 12.3. The van der Waals surface area contributed by atoms with Crippen LogP contribution in [0.4, 0.5) is 0 Å². The second-order valence-corrected chi connectivity index (χ2v) is 7.43. The minimum atomic E-state index is -1.83. The van der Waals surface area contributed by atoms with Gasteiger partial charge in [-0.15, -0.1) is 0 Å². The maximum atomic E-state index is 12.4. The Labute approximate surface area is 171 Å². The molecular formula is C21H32O8. The first-order valence-corrected chi connectivity index (χ1v) is 9.69. The quantitative estimate of drug-likeness (QED) is 0.192. The summed E-state index contributed by atoms with van der Waals surface area (Å²) in [5, 5.41) is 19.6. The molecule has 0 bridgehead atoms. The third-order valence-corrected chi connectivity index (χ3v) is 5.15. The van der Waals surface area contributed by atoms with Gasteiger partial charge in [-0.3, -0.25) is 14.4 Å². The molecule has 0 aliphatic heterocycles. The van der Waals surface area contributed by atoms with Crippen molar-refractivity contribution in [2.45, 2.75) is 65.9 Å². The summed E-state index contributed by atoms with van der Waals surface area (Å²) in [7, 11) is 0. The molecule has 29 heavy (non-hydrogen) atoms. The Morgan fingerprint density at radius 3 is 2.21 bits per heavy atom. The van der Waals surface area contributed by atoms with Gasteiger partial charge in [0.25, 0.3) is 0 Å². The average molecular weight is 412 g/mol. The molecule has 0 saturated carbocycles. The smallest absolute Gasteiger partial charge is 0.328 e. The number of carbonyl (C=O) groups is 5. The number of ether oxygens (including phenoxy) is 1. The monoisotopic (exact) mass is 412 g/mol. The largest absolute Gasteiger partial charge is 0.478 e. The van der Waals surface area contributed by atoms with Crippen molar-refractivity contribution in [1.29, 1.82) is 0 Å². The van der Waals surface area contributed by atoms with E-state index in [1.165, 1.54) is 13.8 Å². The fraction of sp³-hybridized carbons (Fsp3) is 0.667. The minimum absolute atomic E-state index is 0.0630. The van der Waals surface area contributed by atoms with Crippen LogP contribution in [-0.4, -0.2) is 52.2 Å². The van der Waals surface area contributed by atoms with E-state index in [4.69, 9.17) is 9.84 Å². The lowest BCUT2D eigenvalue weighted by atomic mass is 9.67. The first-order chi connectivity index (χ1) is 13.4. The number of aliphatic carboxylic acids is 1. The third-order valence-electron chi connectivity index (χ3n) is 5.15. The van der Waals surface area contributed by atoms with Crippen LogP contribution in [0.25, 0.3) is 0 Å². The summed E-state index contributed by atoms with van der Waals surface area (Å²) in [6.45, 7) is 7.62. The Morgan fingerprint density at radius 1 is 1.17 bits per heavy atom. The molecule has 0 aliphatic rings. The van der Waals surface area contributed by atoms with Crippen LogP contribution in [0, 0.1) is 17.8 Å². The maximum Gasteiger partial charge on any atom is 0.328 e. The van der Waals surface area contributed by atoms with Gasteiger partial charge in [-0.25, -0.2) is 4.79 Å². The van der Waals surface area contributed by atoms with Gasteiger partial charge in [0.05, 0.1) is 19.4 Å². The van der Waals surface area contributed by atoms with Crippen LogP contribution in [0.3, 0.4) is 0 Å². The van der Waals surface area contributed by atoms with Crippen molar-refractivity contribution in [3.63, 3.8) is 0 Å². The van der Waals surface area contributed by atoms with Crippen LogP contribution in [0.1, 0.15) is 60.3 Å². The molecule has 2 N–H and O–H groups in total. The summed E-state index contributed by atoms with van der Waals surface area (Å²) in [6.07, 6.45) is 1.32. The van der Waals surface area contributed by atoms with E-state index in [1.54, 1.807) is 20.8 Å². The molecule has 0 spiro atoms. The number of carbonyl (C=O) groups excluding carboxylic acids is 4. The van der Waals surface area contributed by atoms with Crippen molar-refractivity contribution in [3.05, 3.63) is 11.6 Å². The van der Waals surface area contributed by atoms with Crippen LogP contribution < -0.4 is 0 Å². The van der Waals surface area contributed by atoms with Crippen molar-refractivity contribution < 1.29 is 38.9 Å². The van der Waals surface area contributed by atoms with E-state index in [9.17, 15) is 29.1 Å². The summed E-state index contributed by atoms with van der Waals surface area (Å²) in [5.41, 5.74) is -1.52. The third kappa shape index (κ3) is 8.27. The lowest BCUT2D eigenvalue weighted by Crippen LogP contribution is -2.51. The topological polar surface area (TPSA) is 135 Å². The van der Waals surface area contributed by atoms with E-state index in [0.717, 1.165) is 6.08 Å². The first-order valence-electron chi connectivity index (χ1n) is 9.69. The lowest BCUT2D eigenvalue weighted by molar-refractivity contribution is -0.155. The number of rotatable bonds is 14. The Balaban J connectivity index is 5.57. The van der Waals surface area contributed by atoms with Gasteiger partial charge >= 0.3 is 11.9 Å². The first kappa shape index (κ1) is 26.6. The summed E-state index contributed by atoms with van der Waals surface area (Å²) in [5.74, 6) is -4.83. The predicted molar refractivity (Wildman–Crippen MR) is 105 cm³/mol. The number of aldehydes is 1. The van der Waals surface area contributed by atoms with Gasteiger partial charge in [-0.1, -0.05) is 26.3 Å². The van der Waals surface area contributed by atoms with E-state index in [0.29, 0.717) is 18.3 Å². The molecule has 164 valence electrons. The normalized spacial score (nSPS) is 16.8. The van der Waals surface area contributed by atoms with Gasteiger partial charge in [-0.05, 0) is 26.2 Å². The molecule has 8 heteroatoms. The van der Waals surface area contributed by atoms with E-state index in [-0.39, 0.29) is 25.9 Å². The molecule has 0 aromatic rings. The molecule has 0 aliphatic carbocycles. The average Bonchev–Trinajstić information content (AvgIpc) is 2.62. The summed E-state index contributed by atoms with van der Waals surface area (Å²) < 4.78 is 5.25. The van der Waals surface area contributed by atoms with Crippen LogP contribution >= 0.6 is 0 Å². The number of ketones is 2. The Bertz CT molecular complexity index is 647. The summed E-state index contributed by atoms with van der Waals surface area (Å²) in [4.78, 5) is 58.1. The molecule has 0 aromatic carbocycles. The molecule has 4 atom stereocenters. The molecule has 4 unspecified atom stereocenters. The van der Waals surface area contributed by atoms with Crippen LogP contribution in [-0.2, 0) is 28.7 Å². The molecule has 0 rings (SSSR count). The van der Waals surface area contributed by atoms with Gasteiger partial charge in [0, 0.05) is 24.3 Å². The molecule has 8 nitrogen and oxygen atoms in total. The summed E-state index contributed by atoms with van der Waals surface area (Å²) in [6, 6.07) is 0. The van der Waals surface area contributed by atoms with Crippen molar-refractivity contribution in [2.75, 3.05) is 6.61 Å². The molecular weight excluding hydrogens is 380 g/mol. The fourth-order valence-electron chi connectivity index (χ4n) is 3.58. The molecule has 0 heterocycles. The van der Waals surface area contributed by atoms with Crippen molar-refractivity contribution in [3.8, 4) is 0 Å². The van der Waals surface area contributed by atoms with E-state index in [2.05, 4.69) is 0 Å². The number of carboxylic acids is 1. The zero-order valence-corrected chi connectivity index (χ0v) is 17.8. The lowest BCUT2D eigenvalue weighted by Gasteiger charge is -2.40. The van der Waals surface area contributed by atoms with Gasteiger partial charge in [0.15, 0.2) is 5.78 Å². The summed E-state index contributed by atoms with van der Waals surface area (Å²) >= 11 is 0. The highest BCUT2D eigenvalue weighted by molar-refractivity contribution is 5.93. The number of hydrogen-bond acceptors (Lipinski definition) is 7. The van der Waals surface area contributed by atoms with Gasteiger partial charge in [-0.2, -0.15) is 0 Å².